The molecule has 0 spiro atoms. The monoisotopic (exact) mass is 214 g/mol. The zero-order valence-corrected chi connectivity index (χ0v) is 9.81. The Morgan fingerprint density at radius 1 is 1.12 bits per heavy atom. The minimum absolute atomic E-state index is 0.762. The van der Waals surface area contributed by atoms with Gasteiger partial charge in [0.1, 0.15) is 12.6 Å². The van der Waals surface area contributed by atoms with Gasteiger partial charge < -0.3 is 4.48 Å². The second-order valence-corrected chi connectivity index (χ2v) is 4.69. The van der Waals surface area contributed by atoms with Crippen molar-refractivity contribution in [3.8, 4) is 0 Å². The van der Waals surface area contributed by atoms with Crippen molar-refractivity contribution in [1.29, 1.82) is 0 Å². The number of hydrogen-bond donors (Lipinski definition) is 0. The van der Waals surface area contributed by atoms with Gasteiger partial charge in [0.2, 0.25) is 0 Å². The molecular formula is C15H20N+. The first kappa shape index (κ1) is 11.2. The molecule has 1 atom stereocenters. The number of rotatable bonds is 6. The van der Waals surface area contributed by atoms with Crippen molar-refractivity contribution in [3.63, 3.8) is 0 Å². The molecule has 0 aromatic heterocycles. The summed E-state index contributed by atoms with van der Waals surface area (Å²) in [5, 5.41) is 0. The Labute approximate surface area is 98.3 Å². The first-order chi connectivity index (χ1) is 7.80. The zero-order chi connectivity index (χ0) is 11.4. The molecule has 1 saturated heterocycles. The maximum Gasteiger partial charge on any atom is 0.143 e. The summed E-state index contributed by atoms with van der Waals surface area (Å²) in [7, 11) is 0. The predicted molar refractivity (Wildman–Crippen MR) is 69.2 cm³/mol. The summed E-state index contributed by atoms with van der Waals surface area (Å²) in [6, 6.07) is 11.5. The van der Waals surface area contributed by atoms with Crippen molar-refractivity contribution in [2.45, 2.75) is 12.5 Å². The molecule has 1 aromatic carbocycles. The summed E-state index contributed by atoms with van der Waals surface area (Å²) in [5.74, 6) is 0. The van der Waals surface area contributed by atoms with Gasteiger partial charge in [0.25, 0.3) is 0 Å². The average Bonchev–Trinajstić information content (AvgIpc) is 2.93. The summed E-state index contributed by atoms with van der Waals surface area (Å²) in [4.78, 5) is 0. The lowest BCUT2D eigenvalue weighted by atomic mass is 10.1. The van der Waals surface area contributed by atoms with E-state index in [1.54, 1.807) is 0 Å². The summed E-state index contributed by atoms with van der Waals surface area (Å²) < 4.78 is 1.15. The molecule has 1 unspecified atom stereocenters. The molecule has 1 aliphatic rings. The van der Waals surface area contributed by atoms with Crippen molar-refractivity contribution in [2.24, 2.45) is 0 Å². The Hall–Kier alpha value is -1.34. The standard InChI is InChI=1S/C15H20N/c1-3-10-16(11-4-2)13-15(16)12-14-8-6-5-7-9-14/h3-9,15H,1-2,10-13H2/q+1. The van der Waals surface area contributed by atoms with Gasteiger partial charge in [-0.2, -0.15) is 0 Å². The number of nitrogens with zero attached hydrogens (tertiary/aromatic N) is 1. The summed E-state index contributed by atoms with van der Waals surface area (Å²) in [6.07, 6.45) is 5.26. The topological polar surface area (TPSA) is 0 Å². The van der Waals surface area contributed by atoms with Gasteiger partial charge in [0.05, 0.1) is 13.1 Å². The van der Waals surface area contributed by atoms with E-state index in [1.165, 1.54) is 18.5 Å². The van der Waals surface area contributed by atoms with Crippen molar-refractivity contribution in [1.82, 2.24) is 0 Å². The van der Waals surface area contributed by atoms with E-state index in [-0.39, 0.29) is 0 Å². The molecule has 1 aliphatic heterocycles. The second kappa shape index (κ2) is 4.67. The van der Waals surface area contributed by atoms with Gasteiger partial charge in [-0.1, -0.05) is 43.5 Å². The molecule has 0 N–H and O–H groups in total. The molecule has 0 saturated carbocycles. The van der Waals surface area contributed by atoms with Gasteiger partial charge in [-0.25, -0.2) is 0 Å². The zero-order valence-electron chi connectivity index (χ0n) is 9.81. The Bertz CT molecular complexity index is 356. The fourth-order valence-corrected chi connectivity index (χ4v) is 2.55. The van der Waals surface area contributed by atoms with E-state index in [0.717, 1.165) is 23.6 Å². The van der Waals surface area contributed by atoms with Crippen LogP contribution in [-0.4, -0.2) is 30.2 Å². The molecule has 1 heterocycles. The maximum absolute atomic E-state index is 3.86. The van der Waals surface area contributed by atoms with Gasteiger partial charge in [-0.05, 0) is 17.7 Å². The minimum Gasteiger partial charge on any atom is -0.305 e. The van der Waals surface area contributed by atoms with Crippen LogP contribution in [0, 0.1) is 0 Å². The molecule has 16 heavy (non-hydrogen) atoms. The largest absolute Gasteiger partial charge is 0.305 e. The third-order valence-corrected chi connectivity index (χ3v) is 3.51. The lowest BCUT2D eigenvalue weighted by molar-refractivity contribution is -0.800. The quantitative estimate of drug-likeness (QED) is 0.388. The van der Waals surface area contributed by atoms with Crippen LogP contribution < -0.4 is 0 Å². The smallest absolute Gasteiger partial charge is 0.143 e. The third kappa shape index (κ3) is 2.25. The Balaban J connectivity index is 1.98. The molecule has 0 amide bonds. The SMILES string of the molecule is C=CC[N+]1(CC=C)CC1Cc1ccccc1. The van der Waals surface area contributed by atoms with Crippen molar-refractivity contribution >= 4 is 0 Å². The van der Waals surface area contributed by atoms with Crippen LogP contribution in [0.1, 0.15) is 5.56 Å². The van der Waals surface area contributed by atoms with Crippen molar-refractivity contribution < 1.29 is 4.48 Å². The second-order valence-electron chi connectivity index (χ2n) is 4.69. The fourth-order valence-electron chi connectivity index (χ4n) is 2.55. The molecular weight excluding hydrogens is 194 g/mol. The minimum atomic E-state index is 0.762. The normalized spacial score (nSPS) is 21.4. The van der Waals surface area contributed by atoms with Gasteiger partial charge >= 0.3 is 0 Å². The van der Waals surface area contributed by atoms with Crippen LogP contribution in [-0.2, 0) is 6.42 Å². The molecule has 1 fully saturated rings. The van der Waals surface area contributed by atoms with Crippen LogP contribution in [0.2, 0.25) is 0 Å². The first-order valence-electron chi connectivity index (χ1n) is 5.92. The lowest BCUT2D eigenvalue weighted by Crippen LogP contribution is -2.30. The van der Waals surface area contributed by atoms with E-state index in [0.29, 0.717) is 0 Å². The van der Waals surface area contributed by atoms with Gasteiger partial charge in [-0.15, -0.1) is 0 Å². The molecule has 84 valence electrons. The van der Waals surface area contributed by atoms with E-state index >= 15 is 0 Å². The predicted octanol–water partition coefficient (Wildman–Crippen LogP) is 2.80. The van der Waals surface area contributed by atoms with E-state index in [2.05, 4.69) is 43.5 Å². The van der Waals surface area contributed by atoms with Crippen molar-refractivity contribution in [2.75, 3.05) is 19.6 Å². The highest BCUT2D eigenvalue weighted by molar-refractivity contribution is 5.16. The van der Waals surface area contributed by atoms with Crippen LogP contribution in [0.5, 0.6) is 0 Å². The van der Waals surface area contributed by atoms with Crippen LogP contribution in [0.25, 0.3) is 0 Å². The molecule has 0 radical (unpaired) electrons. The molecule has 0 aliphatic carbocycles. The Morgan fingerprint density at radius 3 is 2.31 bits per heavy atom. The molecule has 2 rings (SSSR count). The van der Waals surface area contributed by atoms with E-state index in [1.807, 2.05) is 12.2 Å². The highest BCUT2D eigenvalue weighted by Crippen LogP contribution is 2.33. The van der Waals surface area contributed by atoms with Gasteiger partial charge in [-0.3, -0.25) is 0 Å². The first-order valence-corrected chi connectivity index (χ1v) is 5.92. The van der Waals surface area contributed by atoms with Crippen molar-refractivity contribution in [3.05, 3.63) is 61.2 Å². The fraction of sp³-hybridized carbons (Fsp3) is 0.333. The molecule has 0 bridgehead atoms. The lowest BCUT2D eigenvalue weighted by Gasteiger charge is -2.16. The molecule has 1 nitrogen and oxygen atoms in total. The van der Waals surface area contributed by atoms with E-state index in [9.17, 15) is 0 Å². The highest BCUT2D eigenvalue weighted by atomic mass is 15.5. The number of quaternary nitrogens is 1. The van der Waals surface area contributed by atoms with Crippen LogP contribution in [0.4, 0.5) is 0 Å². The van der Waals surface area contributed by atoms with Crippen LogP contribution >= 0.6 is 0 Å². The number of benzene rings is 1. The Kier molecular flexibility index (Phi) is 3.25. The summed E-state index contributed by atoms with van der Waals surface area (Å²) in [5.41, 5.74) is 1.45. The van der Waals surface area contributed by atoms with E-state index < -0.39 is 0 Å². The maximum atomic E-state index is 3.86. The summed E-state index contributed by atoms with van der Waals surface area (Å²) in [6.45, 7) is 11.1. The van der Waals surface area contributed by atoms with Gasteiger partial charge in [0.15, 0.2) is 0 Å². The molecule has 1 heteroatoms. The summed E-state index contributed by atoms with van der Waals surface area (Å²) >= 11 is 0. The molecule has 1 aromatic rings. The highest BCUT2D eigenvalue weighted by Gasteiger charge is 2.52. The van der Waals surface area contributed by atoms with E-state index in [4.69, 9.17) is 0 Å². The van der Waals surface area contributed by atoms with Crippen LogP contribution in [0.15, 0.2) is 55.6 Å². The third-order valence-electron chi connectivity index (χ3n) is 3.51. The number of hydrogen-bond acceptors (Lipinski definition) is 0. The Morgan fingerprint density at radius 2 is 1.75 bits per heavy atom. The average molecular weight is 214 g/mol. The van der Waals surface area contributed by atoms with Gasteiger partial charge in [0, 0.05) is 6.42 Å². The van der Waals surface area contributed by atoms with Crippen LogP contribution in [0.3, 0.4) is 0 Å².